The minimum absolute atomic E-state index is 0.241. The van der Waals surface area contributed by atoms with Gasteiger partial charge in [-0.05, 0) is 24.3 Å². The van der Waals surface area contributed by atoms with Crippen molar-refractivity contribution in [2.24, 2.45) is 0 Å². The molecule has 2 N–H and O–H groups in total. The van der Waals surface area contributed by atoms with E-state index in [1.807, 2.05) is 0 Å². The van der Waals surface area contributed by atoms with Gasteiger partial charge in [-0.15, -0.1) is 0 Å². The van der Waals surface area contributed by atoms with Crippen molar-refractivity contribution in [3.05, 3.63) is 53.7 Å². The van der Waals surface area contributed by atoms with E-state index in [4.69, 9.17) is 4.74 Å². The average Bonchev–Trinajstić information content (AvgIpc) is 2.66. The normalized spacial score (nSPS) is 14.8. The second-order valence-corrected chi connectivity index (χ2v) is 5.86. The average molecular weight is 362 g/mol. The lowest BCUT2D eigenvalue weighted by molar-refractivity contribution is 0.0383. The van der Waals surface area contributed by atoms with Gasteiger partial charge in [0.05, 0.1) is 18.8 Å². The minimum Gasteiger partial charge on any atom is -0.379 e. The number of hydrogen-bond acceptors (Lipinski definition) is 5. The van der Waals surface area contributed by atoms with Gasteiger partial charge in [-0.2, -0.15) is 0 Å². The Morgan fingerprint density at radius 2 is 1.88 bits per heavy atom. The first-order valence-electron chi connectivity index (χ1n) is 8.39. The fourth-order valence-corrected chi connectivity index (χ4v) is 2.60. The Balaban J connectivity index is 1.52. The van der Waals surface area contributed by atoms with Crippen molar-refractivity contribution < 1.29 is 18.3 Å². The molecule has 1 saturated heterocycles. The van der Waals surface area contributed by atoms with Crippen LogP contribution < -0.4 is 10.6 Å². The summed E-state index contributed by atoms with van der Waals surface area (Å²) in [6.45, 7) is 4.45. The zero-order valence-corrected chi connectivity index (χ0v) is 14.2. The van der Waals surface area contributed by atoms with E-state index in [9.17, 15) is 13.6 Å². The van der Waals surface area contributed by atoms with E-state index in [-0.39, 0.29) is 17.4 Å². The number of halogens is 2. The first kappa shape index (κ1) is 18.2. The number of hydrogen-bond donors (Lipinski definition) is 2. The lowest BCUT2D eigenvalue weighted by atomic mass is 10.2. The molecule has 8 heteroatoms. The molecule has 26 heavy (non-hydrogen) atoms. The Morgan fingerprint density at radius 1 is 1.15 bits per heavy atom. The molecule has 1 amide bonds. The predicted octanol–water partition coefficient (Wildman–Crippen LogP) is 2.17. The maximum atomic E-state index is 13.6. The lowest BCUT2D eigenvalue weighted by Gasteiger charge is -2.26. The number of pyridine rings is 1. The summed E-state index contributed by atoms with van der Waals surface area (Å²) in [7, 11) is 0. The Bertz CT molecular complexity index is 729. The third kappa shape index (κ3) is 4.74. The van der Waals surface area contributed by atoms with E-state index < -0.39 is 11.6 Å². The highest BCUT2D eigenvalue weighted by atomic mass is 19.1. The third-order valence-corrected chi connectivity index (χ3v) is 4.06. The van der Waals surface area contributed by atoms with Crippen LogP contribution in [0.4, 0.5) is 20.3 Å². The number of para-hydroxylation sites is 1. The van der Waals surface area contributed by atoms with Crippen LogP contribution >= 0.6 is 0 Å². The summed E-state index contributed by atoms with van der Waals surface area (Å²) < 4.78 is 32.5. The molecule has 0 spiro atoms. The van der Waals surface area contributed by atoms with Gasteiger partial charge in [-0.1, -0.05) is 6.07 Å². The van der Waals surface area contributed by atoms with Gasteiger partial charge in [-0.25, -0.2) is 13.8 Å². The Hall–Kier alpha value is -2.58. The molecule has 1 aromatic carbocycles. The molecule has 2 aromatic rings. The fraction of sp³-hybridized carbons (Fsp3) is 0.333. The summed E-state index contributed by atoms with van der Waals surface area (Å²) >= 11 is 0. The van der Waals surface area contributed by atoms with E-state index in [0.717, 1.165) is 45.0 Å². The molecule has 0 saturated carbocycles. The van der Waals surface area contributed by atoms with Crippen LogP contribution in [-0.4, -0.2) is 55.2 Å². The smallest absolute Gasteiger partial charge is 0.252 e. The molecule has 0 atom stereocenters. The molecular formula is C18H20F2N4O2. The van der Waals surface area contributed by atoms with Crippen LogP contribution in [0.1, 0.15) is 10.4 Å². The van der Waals surface area contributed by atoms with Crippen LogP contribution in [0.5, 0.6) is 0 Å². The Labute approximate surface area is 150 Å². The number of nitrogens with one attached hydrogen (secondary N) is 2. The number of benzene rings is 1. The SMILES string of the molecule is O=C(NCCN1CCOCC1)c1ccc(Nc2c(F)cccc2F)nc1. The number of aromatic nitrogens is 1. The highest BCUT2D eigenvalue weighted by Crippen LogP contribution is 2.21. The second-order valence-electron chi connectivity index (χ2n) is 5.86. The number of carbonyl (C=O) groups is 1. The summed E-state index contributed by atoms with van der Waals surface area (Å²) in [5.74, 6) is -1.42. The summed E-state index contributed by atoms with van der Waals surface area (Å²) in [6, 6.07) is 6.65. The minimum atomic E-state index is -0.711. The summed E-state index contributed by atoms with van der Waals surface area (Å²) in [5, 5.41) is 5.41. The molecule has 3 rings (SSSR count). The number of morpholine rings is 1. The second kappa shape index (κ2) is 8.68. The third-order valence-electron chi connectivity index (χ3n) is 4.06. The van der Waals surface area contributed by atoms with Gasteiger partial charge >= 0.3 is 0 Å². The van der Waals surface area contributed by atoms with Crippen LogP contribution in [-0.2, 0) is 4.74 Å². The molecule has 6 nitrogen and oxygen atoms in total. The number of amides is 1. The molecule has 0 unspecified atom stereocenters. The van der Waals surface area contributed by atoms with E-state index in [1.54, 1.807) is 6.07 Å². The van der Waals surface area contributed by atoms with Gasteiger partial charge in [0.2, 0.25) is 0 Å². The van der Waals surface area contributed by atoms with Crippen LogP contribution in [0, 0.1) is 11.6 Å². The summed E-state index contributed by atoms with van der Waals surface area (Å²) in [4.78, 5) is 18.4. The van der Waals surface area contributed by atoms with Crippen LogP contribution in [0.2, 0.25) is 0 Å². The molecule has 1 aromatic heterocycles. The van der Waals surface area contributed by atoms with E-state index in [0.29, 0.717) is 12.1 Å². The predicted molar refractivity (Wildman–Crippen MR) is 93.5 cm³/mol. The zero-order valence-electron chi connectivity index (χ0n) is 14.2. The monoisotopic (exact) mass is 362 g/mol. The summed E-state index contributed by atoms with van der Waals surface area (Å²) in [6.07, 6.45) is 1.37. The van der Waals surface area contributed by atoms with Crippen molar-refractivity contribution in [2.75, 3.05) is 44.7 Å². The molecule has 0 radical (unpaired) electrons. The van der Waals surface area contributed by atoms with Crippen molar-refractivity contribution >= 4 is 17.4 Å². The van der Waals surface area contributed by atoms with Crippen molar-refractivity contribution in [1.29, 1.82) is 0 Å². The molecule has 0 aliphatic carbocycles. The maximum absolute atomic E-state index is 13.6. The highest BCUT2D eigenvalue weighted by molar-refractivity contribution is 5.94. The number of rotatable bonds is 6. The van der Waals surface area contributed by atoms with E-state index in [2.05, 4.69) is 20.5 Å². The molecular weight excluding hydrogens is 342 g/mol. The standard InChI is InChI=1S/C18H20F2N4O2/c19-14-2-1-3-15(20)17(14)23-16-5-4-13(12-22-16)18(25)21-6-7-24-8-10-26-11-9-24/h1-5,12H,6-11H2,(H,21,25)(H,22,23). The summed E-state index contributed by atoms with van der Waals surface area (Å²) in [5.41, 5.74) is 0.106. The van der Waals surface area contributed by atoms with Gasteiger partial charge in [0.15, 0.2) is 0 Å². The first-order chi connectivity index (χ1) is 12.6. The van der Waals surface area contributed by atoms with Gasteiger partial charge in [0.1, 0.15) is 23.1 Å². The van der Waals surface area contributed by atoms with Crippen molar-refractivity contribution in [3.63, 3.8) is 0 Å². The first-order valence-corrected chi connectivity index (χ1v) is 8.39. The van der Waals surface area contributed by atoms with Gasteiger partial charge in [0.25, 0.3) is 5.91 Å². The van der Waals surface area contributed by atoms with Crippen molar-refractivity contribution in [2.45, 2.75) is 0 Å². The molecule has 1 aliphatic rings. The van der Waals surface area contributed by atoms with Crippen LogP contribution in [0.3, 0.4) is 0 Å². The van der Waals surface area contributed by atoms with Crippen LogP contribution in [0.25, 0.3) is 0 Å². The number of nitrogens with zero attached hydrogens (tertiary/aromatic N) is 2. The van der Waals surface area contributed by atoms with Gasteiger partial charge < -0.3 is 15.4 Å². The Kier molecular flexibility index (Phi) is 6.08. The number of carbonyl (C=O) groups excluding carboxylic acids is 1. The van der Waals surface area contributed by atoms with Crippen LogP contribution in [0.15, 0.2) is 36.5 Å². The topological polar surface area (TPSA) is 66.5 Å². The van der Waals surface area contributed by atoms with Crippen molar-refractivity contribution in [3.8, 4) is 0 Å². The largest absolute Gasteiger partial charge is 0.379 e. The molecule has 1 fully saturated rings. The molecule has 0 bridgehead atoms. The fourth-order valence-electron chi connectivity index (χ4n) is 2.60. The molecule has 138 valence electrons. The lowest BCUT2D eigenvalue weighted by Crippen LogP contribution is -2.41. The molecule has 2 heterocycles. The van der Waals surface area contributed by atoms with E-state index in [1.165, 1.54) is 18.3 Å². The molecule has 1 aliphatic heterocycles. The van der Waals surface area contributed by atoms with Gasteiger partial charge in [0, 0.05) is 32.4 Å². The number of ether oxygens (including phenoxy) is 1. The Morgan fingerprint density at radius 3 is 2.54 bits per heavy atom. The number of anilines is 2. The quantitative estimate of drug-likeness (QED) is 0.824. The highest BCUT2D eigenvalue weighted by Gasteiger charge is 2.12. The van der Waals surface area contributed by atoms with Crippen molar-refractivity contribution in [1.82, 2.24) is 15.2 Å². The zero-order chi connectivity index (χ0) is 18.4. The maximum Gasteiger partial charge on any atom is 0.252 e. The van der Waals surface area contributed by atoms with E-state index >= 15 is 0 Å². The van der Waals surface area contributed by atoms with Gasteiger partial charge in [-0.3, -0.25) is 9.69 Å².